The van der Waals surface area contributed by atoms with Gasteiger partial charge in [0.15, 0.2) is 0 Å². The van der Waals surface area contributed by atoms with Gasteiger partial charge in [0.05, 0.1) is 0 Å². The first-order valence-corrected chi connectivity index (χ1v) is 6.43. The Labute approximate surface area is 122 Å². The van der Waals surface area contributed by atoms with Crippen molar-refractivity contribution < 1.29 is 14.7 Å². The lowest BCUT2D eigenvalue weighted by Crippen LogP contribution is -2.30. The first kappa shape index (κ1) is 14.6. The van der Waals surface area contributed by atoms with Crippen LogP contribution in [0.3, 0.4) is 0 Å². The molecule has 2 rings (SSSR count). The largest absolute Gasteiger partial charge is 0.477 e. The van der Waals surface area contributed by atoms with Crippen LogP contribution in [0, 0.1) is 0 Å². The molecule has 0 aliphatic carbocycles. The summed E-state index contributed by atoms with van der Waals surface area (Å²) in [5, 5.41) is 8.89. The van der Waals surface area contributed by atoms with Crippen LogP contribution in [0.5, 0.6) is 0 Å². The van der Waals surface area contributed by atoms with E-state index in [1.165, 1.54) is 23.1 Å². The summed E-state index contributed by atoms with van der Waals surface area (Å²) in [5.74, 6) is -1.46. The van der Waals surface area contributed by atoms with Crippen LogP contribution in [0.1, 0.15) is 26.7 Å². The van der Waals surface area contributed by atoms with Gasteiger partial charge < -0.3 is 10.0 Å². The van der Waals surface area contributed by atoms with E-state index in [-0.39, 0.29) is 17.3 Å². The summed E-state index contributed by atoms with van der Waals surface area (Å²) in [6.45, 7) is 0.481. The lowest BCUT2D eigenvalue weighted by molar-refractivity contribution is 0.0690. The van der Waals surface area contributed by atoms with E-state index in [0.29, 0.717) is 13.0 Å². The van der Waals surface area contributed by atoms with E-state index in [2.05, 4.69) is 9.97 Å². The molecule has 0 aromatic carbocycles. The Kier molecular flexibility index (Phi) is 4.61. The van der Waals surface area contributed by atoms with E-state index < -0.39 is 5.97 Å². The first-order chi connectivity index (χ1) is 10.1. The Hall–Kier alpha value is -2.76. The molecule has 6 nitrogen and oxygen atoms in total. The summed E-state index contributed by atoms with van der Waals surface area (Å²) in [5.41, 5.74) is 0.877. The van der Waals surface area contributed by atoms with Gasteiger partial charge in [-0.3, -0.25) is 9.78 Å². The number of aromatic carboxylic acids is 1. The number of carboxylic acids is 1. The zero-order valence-corrected chi connectivity index (χ0v) is 11.6. The topological polar surface area (TPSA) is 83.4 Å². The van der Waals surface area contributed by atoms with Crippen LogP contribution in [-0.4, -0.2) is 45.4 Å². The number of pyridine rings is 2. The highest BCUT2D eigenvalue weighted by Crippen LogP contribution is 2.04. The number of likely N-dealkylation sites (N-methyl/N-ethyl adjacent to an activating group) is 1. The molecule has 0 spiro atoms. The zero-order chi connectivity index (χ0) is 15.2. The average molecular weight is 285 g/mol. The monoisotopic (exact) mass is 285 g/mol. The van der Waals surface area contributed by atoms with Gasteiger partial charge in [-0.25, -0.2) is 9.78 Å². The van der Waals surface area contributed by atoms with Gasteiger partial charge in [0.2, 0.25) is 0 Å². The van der Waals surface area contributed by atoms with E-state index in [4.69, 9.17) is 5.11 Å². The van der Waals surface area contributed by atoms with Crippen LogP contribution in [0.15, 0.2) is 42.6 Å². The minimum atomic E-state index is -1.15. The quantitative estimate of drug-likeness (QED) is 0.899. The molecule has 0 saturated heterocycles. The summed E-state index contributed by atoms with van der Waals surface area (Å²) in [4.78, 5) is 32.6. The van der Waals surface area contributed by atoms with E-state index in [0.717, 1.165) is 5.69 Å². The number of amides is 1. The van der Waals surface area contributed by atoms with Crippen LogP contribution in [0.25, 0.3) is 0 Å². The molecular formula is C15H15N3O3. The first-order valence-electron chi connectivity index (χ1n) is 6.43. The molecular weight excluding hydrogens is 270 g/mol. The summed E-state index contributed by atoms with van der Waals surface area (Å²) < 4.78 is 0. The fourth-order valence-electron chi connectivity index (χ4n) is 1.80. The molecule has 0 aliphatic rings. The van der Waals surface area contributed by atoms with Crippen molar-refractivity contribution in [1.29, 1.82) is 0 Å². The molecule has 108 valence electrons. The van der Waals surface area contributed by atoms with Gasteiger partial charge in [0, 0.05) is 31.9 Å². The number of aromatic nitrogens is 2. The molecule has 2 aromatic heterocycles. The van der Waals surface area contributed by atoms with Gasteiger partial charge in [-0.1, -0.05) is 12.1 Å². The predicted octanol–water partition coefficient (Wildman–Crippen LogP) is 1.49. The van der Waals surface area contributed by atoms with Crippen molar-refractivity contribution in [2.24, 2.45) is 0 Å². The molecule has 0 fully saturated rings. The normalized spacial score (nSPS) is 10.1. The van der Waals surface area contributed by atoms with Crippen molar-refractivity contribution in [2.75, 3.05) is 13.6 Å². The number of carbonyl (C=O) groups is 2. The van der Waals surface area contributed by atoms with E-state index in [1.807, 2.05) is 18.2 Å². The second-order valence-electron chi connectivity index (χ2n) is 4.51. The molecule has 2 heterocycles. The minimum Gasteiger partial charge on any atom is -0.477 e. The van der Waals surface area contributed by atoms with Crippen LogP contribution >= 0.6 is 0 Å². The van der Waals surface area contributed by atoms with Crippen LogP contribution in [0.4, 0.5) is 0 Å². The number of carbonyl (C=O) groups excluding carboxylic acids is 1. The Bertz CT molecular complexity index is 644. The molecule has 0 atom stereocenters. The number of hydrogen-bond acceptors (Lipinski definition) is 4. The van der Waals surface area contributed by atoms with Crippen LogP contribution in [0.2, 0.25) is 0 Å². The van der Waals surface area contributed by atoms with Crippen LogP contribution < -0.4 is 0 Å². The third-order valence-corrected chi connectivity index (χ3v) is 2.96. The van der Waals surface area contributed by atoms with Crippen molar-refractivity contribution in [3.63, 3.8) is 0 Å². The average Bonchev–Trinajstić information content (AvgIpc) is 2.53. The van der Waals surface area contributed by atoms with Crippen molar-refractivity contribution in [3.8, 4) is 0 Å². The third-order valence-electron chi connectivity index (χ3n) is 2.96. The van der Waals surface area contributed by atoms with Gasteiger partial charge in [0.1, 0.15) is 11.4 Å². The Morgan fingerprint density at radius 3 is 2.57 bits per heavy atom. The maximum atomic E-state index is 12.2. The van der Waals surface area contributed by atoms with Crippen molar-refractivity contribution >= 4 is 11.9 Å². The third kappa shape index (κ3) is 3.85. The number of nitrogens with zero attached hydrogens (tertiary/aromatic N) is 3. The Balaban J connectivity index is 2.02. The van der Waals surface area contributed by atoms with E-state index in [9.17, 15) is 9.59 Å². The molecule has 2 aromatic rings. The van der Waals surface area contributed by atoms with Gasteiger partial charge in [-0.15, -0.1) is 0 Å². The Morgan fingerprint density at radius 2 is 1.90 bits per heavy atom. The van der Waals surface area contributed by atoms with E-state index >= 15 is 0 Å². The molecule has 1 N–H and O–H groups in total. The standard InChI is InChI=1S/C15H15N3O3/c1-18(10-8-11-5-2-3-9-16-11)14(19)12-6-4-7-13(17-12)15(20)21/h2-7,9H,8,10H2,1H3,(H,20,21). The lowest BCUT2D eigenvalue weighted by Gasteiger charge is -2.16. The summed E-state index contributed by atoms with van der Waals surface area (Å²) in [6, 6.07) is 9.98. The SMILES string of the molecule is CN(CCc1ccccn1)C(=O)c1cccc(C(=O)O)n1. The molecule has 6 heteroatoms. The molecule has 0 bridgehead atoms. The second-order valence-corrected chi connectivity index (χ2v) is 4.51. The van der Waals surface area contributed by atoms with Gasteiger partial charge in [-0.2, -0.15) is 0 Å². The lowest BCUT2D eigenvalue weighted by atomic mass is 10.2. The molecule has 1 amide bonds. The highest BCUT2D eigenvalue weighted by molar-refractivity contribution is 5.94. The molecule has 0 radical (unpaired) electrons. The van der Waals surface area contributed by atoms with Crippen molar-refractivity contribution in [2.45, 2.75) is 6.42 Å². The maximum Gasteiger partial charge on any atom is 0.354 e. The number of carboxylic acid groups (broad SMARTS) is 1. The van der Waals surface area contributed by atoms with Gasteiger partial charge >= 0.3 is 5.97 Å². The van der Waals surface area contributed by atoms with Gasteiger partial charge in [-0.05, 0) is 24.3 Å². The smallest absolute Gasteiger partial charge is 0.354 e. The zero-order valence-electron chi connectivity index (χ0n) is 11.6. The number of hydrogen-bond donors (Lipinski definition) is 1. The highest BCUT2D eigenvalue weighted by atomic mass is 16.4. The molecule has 0 aliphatic heterocycles. The molecule has 0 unspecified atom stereocenters. The fraction of sp³-hybridized carbons (Fsp3) is 0.200. The van der Waals surface area contributed by atoms with Crippen LogP contribution in [-0.2, 0) is 6.42 Å². The minimum absolute atomic E-state index is 0.124. The summed E-state index contributed by atoms with van der Waals surface area (Å²) >= 11 is 0. The highest BCUT2D eigenvalue weighted by Gasteiger charge is 2.15. The van der Waals surface area contributed by atoms with E-state index in [1.54, 1.807) is 13.2 Å². The summed E-state index contributed by atoms with van der Waals surface area (Å²) in [6.07, 6.45) is 2.33. The maximum absolute atomic E-state index is 12.2. The summed E-state index contributed by atoms with van der Waals surface area (Å²) in [7, 11) is 1.65. The van der Waals surface area contributed by atoms with Crippen molar-refractivity contribution in [3.05, 3.63) is 59.7 Å². The Morgan fingerprint density at radius 1 is 1.14 bits per heavy atom. The van der Waals surface area contributed by atoms with Gasteiger partial charge in [0.25, 0.3) is 5.91 Å². The van der Waals surface area contributed by atoms with Crippen molar-refractivity contribution in [1.82, 2.24) is 14.9 Å². The number of rotatable bonds is 5. The second kappa shape index (κ2) is 6.60. The molecule has 21 heavy (non-hydrogen) atoms. The fourth-order valence-corrected chi connectivity index (χ4v) is 1.80. The predicted molar refractivity (Wildman–Crippen MR) is 76.1 cm³/mol. The molecule has 0 saturated carbocycles.